The number of halogens is 1. The molecule has 0 fully saturated rings. The molecule has 29 heavy (non-hydrogen) atoms. The fourth-order valence-corrected chi connectivity index (χ4v) is 3.42. The molecule has 7 heteroatoms. The summed E-state index contributed by atoms with van der Waals surface area (Å²) in [7, 11) is 0. The number of carbonyl (C=O) groups is 1. The number of nitrogens with zero attached hydrogens (tertiary/aromatic N) is 1. The van der Waals surface area contributed by atoms with Gasteiger partial charge in [-0.3, -0.25) is 14.6 Å². The van der Waals surface area contributed by atoms with E-state index in [9.17, 15) is 9.59 Å². The van der Waals surface area contributed by atoms with Gasteiger partial charge in [0.1, 0.15) is 0 Å². The molecule has 0 bridgehead atoms. The quantitative estimate of drug-likeness (QED) is 0.571. The van der Waals surface area contributed by atoms with Crippen LogP contribution in [0.25, 0.3) is 11.3 Å². The monoisotopic (exact) mass is 410 g/mol. The van der Waals surface area contributed by atoms with E-state index in [1.807, 2.05) is 26.8 Å². The smallest absolute Gasteiger partial charge is 0.251 e. The van der Waals surface area contributed by atoms with Gasteiger partial charge in [-0.05, 0) is 50.6 Å². The first-order chi connectivity index (χ1) is 13.9. The van der Waals surface area contributed by atoms with Crippen molar-refractivity contribution in [3.8, 4) is 11.3 Å². The highest BCUT2D eigenvalue weighted by Gasteiger charge is 2.16. The third kappa shape index (κ3) is 4.66. The highest BCUT2D eigenvalue weighted by Crippen LogP contribution is 2.25. The van der Waals surface area contributed by atoms with Gasteiger partial charge in [-0.2, -0.15) is 0 Å². The van der Waals surface area contributed by atoms with Crippen LogP contribution >= 0.6 is 11.6 Å². The predicted octanol–water partition coefficient (Wildman–Crippen LogP) is 4.07. The van der Waals surface area contributed by atoms with E-state index in [0.717, 1.165) is 29.1 Å². The van der Waals surface area contributed by atoms with Gasteiger partial charge in [0.05, 0.1) is 5.69 Å². The molecular weight excluding hydrogens is 388 g/mol. The average Bonchev–Trinajstić information content (AvgIpc) is 2.70. The van der Waals surface area contributed by atoms with E-state index in [-0.39, 0.29) is 17.9 Å². The van der Waals surface area contributed by atoms with E-state index >= 15 is 0 Å². The summed E-state index contributed by atoms with van der Waals surface area (Å²) in [5.41, 5.74) is 4.60. The minimum atomic E-state index is -0.290. The normalized spacial score (nSPS) is 10.6. The zero-order valence-corrected chi connectivity index (χ0v) is 17.4. The lowest BCUT2D eigenvalue weighted by molar-refractivity contribution is 0.0950. The second-order valence-corrected chi connectivity index (χ2v) is 7.19. The number of hydrogen-bond acceptors (Lipinski definition) is 4. The molecule has 0 aliphatic carbocycles. The molecule has 0 unspecified atom stereocenters. The van der Waals surface area contributed by atoms with Gasteiger partial charge in [0.15, 0.2) is 5.43 Å². The summed E-state index contributed by atoms with van der Waals surface area (Å²) in [4.78, 5) is 32.8. The first-order valence-electron chi connectivity index (χ1n) is 9.36. The molecule has 3 rings (SSSR count). The van der Waals surface area contributed by atoms with E-state index in [1.54, 1.807) is 30.6 Å². The van der Waals surface area contributed by atoms with Crippen LogP contribution in [0, 0.1) is 13.8 Å². The lowest BCUT2D eigenvalue weighted by Crippen LogP contribution is -2.27. The second kappa shape index (κ2) is 8.92. The van der Waals surface area contributed by atoms with Gasteiger partial charge in [0.25, 0.3) is 5.91 Å². The molecule has 0 atom stereocenters. The Labute approximate surface area is 174 Å². The van der Waals surface area contributed by atoms with E-state index in [1.165, 1.54) is 6.07 Å². The van der Waals surface area contributed by atoms with Gasteiger partial charge in [0, 0.05) is 64.6 Å². The lowest BCUT2D eigenvalue weighted by Gasteiger charge is -2.15. The summed E-state index contributed by atoms with van der Waals surface area (Å²) in [6, 6.07) is 8.62. The number of pyridine rings is 2. The Morgan fingerprint density at radius 2 is 2.03 bits per heavy atom. The van der Waals surface area contributed by atoms with Crippen molar-refractivity contribution in [1.82, 2.24) is 15.3 Å². The largest absolute Gasteiger partial charge is 0.385 e. The van der Waals surface area contributed by atoms with E-state index in [4.69, 9.17) is 11.6 Å². The Balaban J connectivity index is 1.91. The van der Waals surface area contributed by atoms with Crippen LogP contribution in [-0.4, -0.2) is 22.4 Å². The molecule has 0 saturated carbocycles. The van der Waals surface area contributed by atoms with Crippen LogP contribution in [0.4, 0.5) is 5.69 Å². The molecule has 3 N–H and O–H groups in total. The van der Waals surface area contributed by atoms with Crippen molar-refractivity contribution in [3.63, 3.8) is 0 Å². The molecule has 0 radical (unpaired) electrons. The van der Waals surface area contributed by atoms with Crippen LogP contribution < -0.4 is 16.1 Å². The van der Waals surface area contributed by atoms with Crippen molar-refractivity contribution in [3.05, 3.63) is 80.4 Å². The van der Waals surface area contributed by atoms with Crippen molar-refractivity contribution in [1.29, 1.82) is 0 Å². The molecule has 0 aliphatic heterocycles. The Morgan fingerprint density at radius 1 is 1.24 bits per heavy atom. The highest BCUT2D eigenvalue weighted by atomic mass is 35.5. The molecule has 150 valence electrons. The number of H-pyrrole nitrogens is 1. The number of aromatic amines is 1. The number of rotatable bonds is 6. The van der Waals surface area contributed by atoms with Crippen molar-refractivity contribution < 1.29 is 4.79 Å². The lowest BCUT2D eigenvalue weighted by atomic mass is 10.0. The topological polar surface area (TPSA) is 86.9 Å². The van der Waals surface area contributed by atoms with Crippen molar-refractivity contribution in [2.24, 2.45) is 0 Å². The van der Waals surface area contributed by atoms with E-state index in [0.29, 0.717) is 21.8 Å². The number of benzene rings is 1. The number of nitrogens with one attached hydrogen (secondary N) is 3. The van der Waals surface area contributed by atoms with E-state index < -0.39 is 0 Å². The Bertz CT molecular complexity index is 1090. The van der Waals surface area contributed by atoms with Gasteiger partial charge in [-0.1, -0.05) is 11.6 Å². The first-order valence-corrected chi connectivity index (χ1v) is 9.74. The fourth-order valence-electron chi connectivity index (χ4n) is 3.20. The third-order valence-electron chi connectivity index (χ3n) is 4.63. The first kappa shape index (κ1) is 20.6. The molecule has 1 aromatic carbocycles. The number of hydrogen-bond donors (Lipinski definition) is 3. The molecular formula is C22H23ClN4O2. The fraction of sp³-hybridized carbons (Fsp3) is 0.227. The zero-order valence-electron chi connectivity index (χ0n) is 16.6. The molecule has 2 heterocycles. The Morgan fingerprint density at radius 3 is 2.72 bits per heavy atom. The maximum Gasteiger partial charge on any atom is 0.251 e. The van der Waals surface area contributed by atoms with Crippen LogP contribution in [0.5, 0.6) is 0 Å². The van der Waals surface area contributed by atoms with Gasteiger partial charge >= 0.3 is 0 Å². The molecule has 6 nitrogen and oxygen atoms in total. The number of amides is 1. The number of anilines is 1. The van der Waals surface area contributed by atoms with Crippen molar-refractivity contribution in [2.45, 2.75) is 27.3 Å². The number of aryl methyl sites for hydroxylation is 1. The van der Waals surface area contributed by atoms with Gasteiger partial charge in [-0.25, -0.2) is 0 Å². The molecule has 0 aliphatic rings. The van der Waals surface area contributed by atoms with Crippen LogP contribution in [0.15, 0.2) is 47.5 Å². The van der Waals surface area contributed by atoms with Crippen LogP contribution in [0.3, 0.4) is 0 Å². The molecule has 1 amide bonds. The minimum absolute atomic E-state index is 0.0845. The molecule has 0 spiro atoms. The Hall–Kier alpha value is -3.12. The average molecular weight is 411 g/mol. The summed E-state index contributed by atoms with van der Waals surface area (Å²) in [6.45, 7) is 6.46. The zero-order chi connectivity index (χ0) is 21.0. The summed E-state index contributed by atoms with van der Waals surface area (Å²) < 4.78 is 0. The summed E-state index contributed by atoms with van der Waals surface area (Å²) in [5, 5.41) is 6.54. The maximum atomic E-state index is 12.9. The van der Waals surface area contributed by atoms with Crippen molar-refractivity contribution >= 4 is 23.2 Å². The van der Waals surface area contributed by atoms with Crippen LogP contribution in [0.1, 0.15) is 34.1 Å². The second-order valence-electron chi connectivity index (χ2n) is 6.75. The standard InChI is InChI=1S/C22H23ClN4O2/c1-4-25-19-10-16(23)9-17(14(19)3)22(29)26-12-18-20(28)8-13(2)27-21(18)15-6-5-7-24-11-15/h5-11,25H,4,12H2,1-3H3,(H,26,29)(H,27,28). The van der Waals surface area contributed by atoms with Crippen molar-refractivity contribution in [2.75, 3.05) is 11.9 Å². The third-order valence-corrected chi connectivity index (χ3v) is 4.85. The van der Waals surface area contributed by atoms with Crippen LogP contribution in [-0.2, 0) is 6.54 Å². The molecule has 0 saturated heterocycles. The van der Waals surface area contributed by atoms with Gasteiger partial charge < -0.3 is 15.6 Å². The van der Waals surface area contributed by atoms with Gasteiger partial charge in [0.2, 0.25) is 0 Å². The molecule has 2 aromatic heterocycles. The maximum absolute atomic E-state index is 12.9. The Kier molecular flexibility index (Phi) is 6.34. The minimum Gasteiger partial charge on any atom is -0.385 e. The van der Waals surface area contributed by atoms with Gasteiger partial charge in [-0.15, -0.1) is 0 Å². The SMILES string of the molecule is CCNc1cc(Cl)cc(C(=O)NCc2c(-c3cccnc3)[nH]c(C)cc2=O)c1C. The molecule has 3 aromatic rings. The van der Waals surface area contributed by atoms with Crippen LogP contribution in [0.2, 0.25) is 5.02 Å². The number of carbonyl (C=O) groups excluding carboxylic acids is 1. The number of aromatic nitrogens is 2. The summed E-state index contributed by atoms with van der Waals surface area (Å²) in [5.74, 6) is -0.290. The summed E-state index contributed by atoms with van der Waals surface area (Å²) >= 11 is 6.18. The predicted molar refractivity (Wildman–Crippen MR) is 117 cm³/mol. The van der Waals surface area contributed by atoms with E-state index in [2.05, 4.69) is 20.6 Å². The summed E-state index contributed by atoms with van der Waals surface area (Å²) in [6.07, 6.45) is 3.35. The highest BCUT2D eigenvalue weighted by molar-refractivity contribution is 6.31.